The standard InChI is InChI=1S/C23H21N3O5/c1-28-22-9-7-17(25-26-22)14-6-8-18-15(10-14)11-16(30-18)12-24-23(27)21-13-29-19-4-2-3-5-20(19)31-21/h2-10,16,21H,11-13H2,1H3,(H,24,27)/t16-,21-/m1/s1. The van der Waals surface area contributed by atoms with E-state index in [4.69, 9.17) is 18.9 Å². The molecule has 1 N–H and O–H groups in total. The summed E-state index contributed by atoms with van der Waals surface area (Å²) in [5, 5.41) is 11.1. The highest BCUT2D eigenvalue weighted by Gasteiger charge is 2.29. The number of carbonyl (C=O) groups is 1. The summed E-state index contributed by atoms with van der Waals surface area (Å²) < 4.78 is 22.4. The van der Waals surface area contributed by atoms with Gasteiger partial charge in [0.2, 0.25) is 12.0 Å². The van der Waals surface area contributed by atoms with Crippen molar-refractivity contribution in [1.29, 1.82) is 0 Å². The van der Waals surface area contributed by atoms with Crippen LogP contribution >= 0.6 is 0 Å². The van der Waals surface area contributed by atoms with E-state index >= 15 is 0 Å². The number of fused-ring (bicyclic) bond motifs is 2. The summed E-state index contributed by atoms with van der Waals surface area (Å²) in [7, 11) is 1.56. The monoisotopic (exact) mass is 419 g/mol. The van der Waals surface area contributed by atoms with Crippen LogP contribution in [0.2, 0.25) is 0 Å². The first-order valence-corrected chi connectivity index (χ1v) is 10.0. The van der Waals surface area contributed by atoms with Crippen LogP contribution in [0.4, 0.5) is 0 Å². The highest BCUT2D eigenvalue weighted by atomic mass is 16.6. The molecule has 0 radical (unpaired) electrons. The number of ether oxygens (including phenoxy) is 4. The van der Waals surface area contributed by atoms with Gasteiger partial charge in [0, 0.05) is 18.1 Å². The van der Waals surface area contributed by atoms with Crippen LogP contribution in [-0.4, -0.2) is 48.6 Å². The zero-order valence-electron chi connectivity index (χ0n) is 16.9. The lowest BCUT2D eigenvalue weighted by Gasteiger charge is -2.25. The van der Waals surface area contributed by atoms with Gasteiger partial charge < -0.3 is 24.3 Å². The molecule has 1 aromatic heterocycles. The van der Waals surface area contributed by atoms with Gasteiger partial charge >= 0.3 is 0 Å². The van der Waals surface area contributed by atoms with Crippen LogP contribution < -0.4 is 24.3 Å². The molecule has 2 aliphatic rings. The molecule has 0 aliphatic carbocycles. The summed E-state index contributed by atoms with van der Waals surface area (Å²) in [5.41, 5.74) is 2.78. The van der Waals surface area contributed by atoms with Gasteiger partial charge in [0.05, 0.1) is 19.3 Å². The Morgan fingerprint density at radius 3 is 2.74 bits per heavy atom. The number of methoxy groups -OCH3 is 1. The van der Waals surface area contributed by atoms with Crippen molar-refractivity contribution >= 4 is 5.91 Å². The van der Waals surface area contributed by atoms with Crippen molar-refractivity contribution < 1.29 is 23.7 Å². The zero-order chi connectivity index (χ0) is 21.2. The molecule has 1 amide bonds. The molecule has 2 aliphatic heterocycles. The second kappa shape index (κ2) is 8.14. The van der Waals surface area contributed by atoms with Crippen molar-refractivity contribution in [3.63, 3.8) is 0 Å². The predicted molar refractivity (Wildman–Crippen MR) is 112 cm³/mol. The summed E-state index contributed by atoms with van der Waals surface area (Å²) in [6.07, 6.45) is -0.135. The fraction of sp³-hybridized carbons (Fsp3) is 0.261. The Balaban J connectivity index is 1.18. The predicted octanol–water partition coefficient (Wildman–Crippen LogP) is 2.41. The Kier molecular flexibility index (Phi) is 5.03. The normalized spacial score (nSPS) is 18.6. The molecule has 158 valence electrons. The fourth-order valence-corrected chi connectivity index (χ4v) is 3.65. The average Bonchev–Trinajstić information content (AvgIpc) is 3.24. The summed E-state index contributed by atoms with van der Waals surface area (Å²) in [5.74, 6) is 2.30. The average molecular weight is 419 g/mol. The van der Waals surface area contributed by atoms with Crippen molar-refractivity contribution in [1.82, 2.24) is 15.5 Å². The summed E-state index contributed by atoms with van der Waals surface area (Å²) >= 11 is 0. The van der Waals surface area contributed by atoms with E-state index in [-0.39, 0.29) is 18.6 Å². The maximum atomic E-state index is 12.5. The fourth-order valence-electron chi connectivity index (χ4n) is 3.65. The molecule has 0 unspecified atom stereocenters. The van der Waals surface area contributed by atoms with Gasteiger partial charge in [0.15, 0.2) is 11.5 Å². The molecule has 8 heteroatoms. The molecule has 0 fully saturated rings. The summed E-state index contributed by atoms with van der Waals surface area (Å²) in [4.78, 5) is 12.5. The first-order valence-electron chi connectivity index (χ1n) is 10.0. The molecule has 5 rings (SSSR count). The Hall–Kier alpha value is -3.81. The third kappa shape index (κ3) is 3.96. The zero-order valence-corrected chi connectivity index (χ0v) is 16.9. The molecule has 31 heavy (non-hydrogen) atoms. The van der Waals surface area contributed by atoms with Gasteiger partial charge in [-0.05, 0) is 42.0 Å². The summed E-state index contributed by atoms with van der Waals surface area (Å²) in [6.45, 7) is 0.563. The molecule has 0 saturated carbocycles. The summed E-state index contributed by atoms with van der Waals surface area (Å²) in [6, 6.07) is 16.9. The van der Waals surface area contributed by atoms with Crippen molar-refractivity contribution in [2.45, 2.75) is 18.6 Å². The van der Waals surface area contributed by atoms with E-state index in [0.29, 0.717) is 30.3 Å². The molecular weight excluding hydrogens is 398 g/mol. The molecule has 2 aromatic carbocycles. The number of aromatic nitrogens is 2. The highest BCUT2D eigenvalue weighted by Crippen LogP contribution is 2.33. The van der Waals surface area contributed by atoms with E-state index < -0.39 is 6.10 Å². The molecular formula is C23H21N3O5. The Morgan fingerprint density at radius 2 is 1.94 bits per heavy atom. The van der Waals surface area contributed by atoms with Crippen LogP contribution in [0.3, 0.4) is 0 Å². The van der Waals surface area contributed by atoms with Crippen LogP contribution in [0.1, 0.15) is 5.56 Å². The third-order valence-electron chi connectivity index (χ3n) is 5.25. The maximum absolute atomic E-state index is 12.5. The Morgan fingerprint density at radius 1 is 1.06 bits per heavy atom. The van der Waals surface area contributed by atoms with Gasteiger partial charge in [0.1, 0.15) is 18.5 Å². The lowest BCUT2D eigenvalue weighted by Crippen LogP contribution is -2.46. The van der Waals surface area contributed by atoms with Crippen molar-refractivity contribution in [3.05, 3.63) is 60.2 Å². The number of para-hydroxylation sites is 2. The molecule has 0 saturated heterocycles. The molecule has 0 spiro atoms. The van der Waals surface area contributed by atoms with E-state index in [1.54, 1.807) is 19.2 Å². The minimum atomic E-state index is -0.682. The SMILES string of the molecule is COc1ccc(-c2ccc3c(c2)C[C@H](CNC(=O)[C@H]2COc4ccccc4O2)O3)nn1. The number of hydrogen-bond donors (Lipinski definition) is 1. The quantitative estimate of drug-likeness (QED) is 0.679. The van der Waals surface area contributed by atoms with E-state index in [1.807, 2.05) is 42.5 Å². The second-order valence-corrected chi connectivity index (χ2v) is 7.34. The first kappa shape index (κ1) is 19.2. The van der Waals surface area contributed by atoms with Gasteiger partial charge in [-0.25, -0.2) is 0 Å². The number of nitrogens with zero attached hydrogens (tertiary/aromatic N) is 2. The van der Waals surface area contributed by atoms with Gasteiger partial charge in [-0.15, -0.1) is 10.2 Å². The maximum Gasteiger partial charge on any atom is 0.264 e. The lowest BCUT2D eigenvalue weighted by molar-refractivity contribution is -0.130. The molecule has 3 aromatic rings. The van der Waals surface area contributed by atoms with E-state index in [0.717, 1.165) is 22.6 Å². The van der Waals surface area contributed by atoms with Gasteiger partial charge in [-0.3, -0.25) is 4.79 Å². The van der Waals surface area contributed by atoms with E-state index in [2.05, 4.69) is 15.5 Å². The Bertz CT molecular complexity index is 1100. The van der Waals surface area contributed by atoms with E-state index in [9.17, 15) is 4.79 Å². The molecule has 8 nitrogen and oxygen atoms in total. The number of carbonyl (C=O) groups excluding carboxylic acids is 1. The molecule has 3 heterocycles. The van der Waals surface area contributed by atoms with Gasteiger partial charge in [0.25, 0.3) is 5.91 Å². The molecule has 2 atom stereocenters. The first-order chi connectivity index (χ1) is 15.2. The minimum absolute atomic E-state index is 0.145. The minimum Gasteiger partial charge on any atom is -0.488 e. The van der Waals surface area contributed by atoms with Crippen molar-refractivity contribution in [2.75, 3.05) is 20.3 Å². The van der Waals surface area contributed by atoms with Gasteiger partial charge in [-0.2, -0.15) is 0 Å². The highest BCUT2D eigenvalue weighted by molar-refractivity contribution is 5.81. The van der Waals surface area contributed by atoms with Gasteiger partial charge in [-0.1, -0.05) is 12.1 Å². The van der Waals surface area contributed by atoms with E-state index in [1.165, 1.54) is 0 Å². The Labute approximate surface area is 179 Å². The number of hydrogen-bond acceptors (Lipinski definition) is 7. The number of nitrogens with one attached hydrogen (secondary N) is 1. The third-order valence-corrected chi connectivity index (χ3v) is 5.25. The van der Waals surface area contributed by atoms with Crippen LogP contribution in [-0.2, 0) is 11.2 Å². The van der Waals surface area contributed by atoms with Crippen LogP contribution in [0, 0.1) is 0 Å². The van der Waals surface area contributed by atoms with Crippen LogP contribution in [0.15, 0.2) is 54.6 Å². The van der Waals surface area contributed by atoms with Crippen LogP contribution in [0.5, 0.6) is 23.1 Å². The number of benzene rings is 2. The van der Waals surface area contributed by atoms with Crippen molar-refractivity contribution in [2.24, 2.45) is 0 Å². The topological polar surface area (TPSA) is 91.8 Å². The van der Waals surface area contributed by atoms with Crippen molar-refractivity contribution in [3.8, 4) is 34.4 Å². The second-order valence-electron chi connectivity index (χ2n) is 7.34. The smallest absolute Gasteiger partial charge is 0.264 e. The number of amides is 1. The van der Waals surface area contributed by atoms with Crippen LogP contribution in [0.25, 0.3) is 11.3 Å². The largest absolute Gasteiger partial charge is 0.488 e. The lowest BCUT2D eigenvalue weighted by atomic mass is 10.0. The molecule has 0 bridgehead atoms. The number of rotatable bonds is 5.